The molecule has 0 aliphatic heterocycles. The molecule has 146 valence electrons. The Labute approximate surface area is 167 Å². The van der Waals surface area contributed by atoms with Crippen LogP contribution < -0.4 is 0 Å². The van der Waals surface area contributed by atoms with Crippen molar-refractivity contribution in [1.82, 2.24) is 9.55 Å². The van der Waals surface area contributed by atoms with Crippen molar-refractivity contribution in [3.05, 3.63) is 89.5 Å². The Bertz CT molecular complexity index is 1080. The van der Waals surface area contributed by atoms with Crippen LogP contribution in [-0.2, 0) is 18.0 Å². The first-order valence-electron chi connectivity index (χ1n) is 9.38. The zero-order valence-electron chi connectivity index (χ0n) is 15.7. The van der Waals surface area contributed by atoms with E-state index in [9.17, 15) is 8.78 Å². The van der Waals surface area contributed by atoms with Gasteiger partial charge in [0.05, 0.1) is 12.9 Å². The maximum Gasteiger partial charge on any atom is 0.145 e. The molecule has 0 saturated heterocycles. The van der Waals surface area contributed by atoms with Gasteiger partial charge in [0.15, 0.2) is 0 Å². The molecule has 1 saturated carbocycles. The van der Waals surface area contributed by atoms with Gasteiger partial charge in [-0.05, 0) is 37.1 Å². The number of halogens is 2. The summed E-state index contributed by atoms with van der Waals surface area (Å²) in [5, 5.41) is 4.11. The summed E-state index contributed by atoms with van der Waals surface area (Å²) in [6, 6.07) is 11.1. The van der Waals surface area contributed by atoms with E-state index in [-0.39, 0.29) is 19.0 Å². The number of hydrogen-bond acceptors (Lipinski definition) is 3. The van der Waals surface area contributed by atoms with Crippen LogP contribution in [0, 0.1) is 29.4 Å². The van der Waals surface area contributed by atoms with Crippen LogP contribution in [0.3, 0.4) is 0 Å². The van der Waals surface area contributed by atoms with Gasteiger partial charge in [-0.25, -0.2) is 13.8 Å². The number of aromatic nitrogens is 2. The molecular weight excluding hydrogens is 372 g/mol. The zero-order valence-corrected chi connectivity index (χ0v) is 15.7. The minimum atomic E-state index is -0.430. The Morgan fingerprint density at radius 3 is 2.76 bits per heavy atom. The van der Waals surface area contributed by atoms with E-state index < -0.39 is 5.82 Å². The van der Waals surface area contributed by atoms with Crippen LogP contribution in [0.15, 0.2) is 66.3 Å². The number of nitrogens with zero attached hydrogens (tertiary/aromatic N) is 3. The lowest BCUT2D eigenvalue weighted by atomic mass is 10.1. The summed E-state index contributed by atoms with van der Waals surface area (Å²) in [6.07, 6.45) is 7.23. The predicted molar refractivity (Wildman–Crippen MR) is 106 cm³/mol. The third kappa shape index (κ3) is 5.08. The SMILES string of the molecule is Fc1ccccc1CO/N=C(\Cn1ccnc1)c1ccc(C#CC2CC2)cc1F. The summed E-state index contributed by atoms with van der Waals surface area (Å²) in [5.74, 6) is 5.78. The highest BCUT2D eigenvalue weighted by atomic mass is 19.1. The lowest BCUT2D eigenvalue weighted by molar-refractivity contribution is 0.127. The quantitative estimate of drug-likeness (QED) is 0.351. The highest BCUT2D eigenvalue weighted by Gasteiger charge is 2.18. The normalized spacial score (nSPS) is 13.7. The lowest BCUT2D eigenvalue weighted by Gasteiger charge is -2.10. The van der Waals surface area contributed by atoms with E-state index in [0.29, 0.717) is 28.3 Å². The topological polar surface area (TPSA) is 39.4 Å². The second-order valence-corrected chi connectivity index (χ2v) is 6.88. The minimum Gasteiger partial charge on any atom is -0.391 e. The van der Waals surface area contributed by atoms with Crippen LogP contribution in [0.4, 0.5) is 8.78 Å². The largest absolute Gasteiger partial charge is 0.391 e. The van der Waals surface area contributed by atoms with Gasteiger partial charge in [0, 0.05) is 35.0 Å². The van der Waals surface area contributed by atoms with E-state index in [2.05, 4.69) is 22.0 Å². The van der Waals surface area contributed by atoms with Crippen molar-refractivity contribution in [3.63, 3.8) is 0 Å². The second kappa shape index (κ2) is 8.70. The first-order chi connectivity index (χ1) is 14.2. The fourth-order valence-electron chi connectivity index (χ4n) is 2.75. The Morgan fingerprint density at radius 2 is 2.03 bits per heavy atom. The van der Waals surface area contributed by atoms with Crippen LogP contribution in [0.1, 0.15) is 29.5 Å². The van der Waals surface area contributed by atoms with Crippen molar-refractivity contribution in [3.8, 4) is 11.8 Å². The Balaban J connectivity index is 1.56. The van der Waals surface area contributed by atoms with Crippen molar-refractivity contribution >= 4 is 5.71 Å². The molecule has 1 aromatic heterocycles. The second-order valence-electron chi connectivity index (χ2n) is 6.88. The van der Waals surface area contributed by atoms with E-state index in [1.165, 1.54) is 12.1 Å². The van der Waals surface area contributed by atoms with Gasteiger partial charge in [-0.2, -0.15) is 0 Å². The van der Waals surface area contributed by atoms with E-state index in [4.69, 9.17) is 4.84 Å². The summed E-state index contributed by atoms with van der Waals surface area (Å²) in [5.41, 5.74) is 1.69. The first-order valence-corrected chi connectivity index (χ1v) is 9.38. The standard InChI is InChI=1S/C23H19F2N3O/c24-21-4-2-1-3-19(21)15-29-27-23(14-28-12-11-26-16-28)20-10-9-18(13-22(20)25)8-7-17-5-6-17/h1-4,9-13,16-17H,5-6,14-15H2/b27-23+. The van der Waals surface area contributed by atoms with Gasteiger partial charge in [-0.15, -0.1) is 0 Å². The smallest absolute Gasteiger partial charge is 0.145 e. The number of rotatable bonds is 6. The van der Waals surface area contributed by atoms with Crippen molar-refractivity contribution in [2.75, 3.05) is 0 Å². The fourth-order valence-corrected chi connectivity index (χ4v) is 2.75. The summed E-state index contributed by atoms with van der Waals surface area (Å²) >= 11 is 0. The van der Waals surface area contributed by atoms with Crippen LogP contribution >= 0.6 is 0 Å². The monoisotopic (exact) mass is 391 g/mol. The molecule has 1 aliphatic carbocycles. The van der Waals surface area contributed by atoms with Crippen molar-refractivity contribution in [1.29, 1.82) is 0 Å². The molecule has 0 radical (unpaired) electrons. The van der Waals surface area contributed by atoms with Gasteiger partial charge in [0.25, 0.3) is 0 Å². The van der Waals surface area contributed by atoms with E-state index in [1.54, 1.807) is 53.6 Å². The lowest BCUT2D eigenvalue weighted by Crippen LogP contribution is -2.13. The molecular formula is C23H19F2N3O. The van der Waals surface area contributed by atoms with E-state index in [1.807, 2.05) is 0 Å². The summed E-state index contributed by atoms with van der Waals surface area (Å²) < 4.78 is 30.3. The van der Waals surface area contributed by atoms with E-state index in [0.717, 1.165) is 12.8 Å². The highest BCUT2D eigenvalue weighted by molar-refractivity contribution is 6.00. The number of oxime groups is 1. The zero-order chi connectivity index (χ0) is 20.1. The number of benzene rings is 2. The van der Waals surface area contributed by atoms with Gasteiger partial charge in [0.2, 0.25) is 0 Å². The van der Waals surface area contributed by atoms with Gasteiger partial charge in [-0.3, -0.25) is 0 Å². The fraction of sp³-hybridized carbons (Fsp3) is 0.217. The Morgan fingerprint density at radius 1 is 1.17 bits per heavy atom. The van der Waals surface area contributed by atoms with Crippen molar-refractivity contribution < 1.29 is 13.6 Å². The molecule has 4 nitrogen and oxygen atoms in total. The molecule has 0 amide bonds. The summed E-state index contributed by atoms with van der Waals surface area (Å²) in [6.45, 7) is 0.216. The molecule has 0 bridgehead atoms. The summed E-state index contributed by atoms with van der Waals surface area (Å²) in [4.78, 5) is 9.36. The van der Waals surface area contributed by atoms with Gasteiger partial charge in [-0.1, -0.05) is 35.2 Å². The van der Waals surface area contributed by atoms with Gasteiger partial charge < -0.3 is 9.40 Å². The molecule has 1 fully saturated rings. The maximum atomic E-state index is 14.8. The minimum absolute atomic E-state index is 0.0489. The molecule has 0 N–H and O–H groups in total. The van der Waals surface area contributed by atoms with Gasteiger partial charge in [0.1, 0.15) is 24.0 Å². The van der Waals surface area contributed by atoms with Crippen molar-refractivity contribution in [2.45, 2.75) is 26.0 Å². The van der Waals surface area contributed by atoms with Crippen LogP contribution in [0.25, 0.3) is 0 Å². The third-order valence-electron chi connectivity index (χ3n) is 4.52. The molecule has 0 unspecified atom stereocenters. The Kier molecular flexibility index (Phi) is 5.66. The van der Waals surface area contributed by atoms with E-state index >= 15 is 0 Å². The van der Waals surface area contributed by atoms with Crippen LogP contribution in [0.2, 0.25) is 0 Å². The molecule has 1 aliphatic rings. The molecule has 0 atom stereocenters. The average molecular weight is 391 g/mol. The molecule has 0 spiro atoms. The average Bonchev–Trinajstić information content (AvgIpc) is 3.41. The molecule has 6 heteroatoms. The first kappa shape index (κ1) is 18.9. The molecule has 3 aromatic rings. The Hall–Kier alpha value is -3.46. The molecule has 29 heavy (non-hydrogen) atoms. The molecule has 1 heterocycles. The molecule has 4 rings (SSSR count). The van der Waals surface area contributed by atoms with Crippen molar-refractivity contribution in [2.24, 2.45) is 11.1 Å². The predicted octanol–water partition coefficient (Wildman–Crippen LogP) is 4.54. The number of imidazole rings is 1. The molecule has 2 aromatic carbocycles. The number of hydrogen-bond donors (Lipinski definition) is 0. The third-order valence-corrected chi connectivity index (χ3v) is 4.52. The van der Waals surface area contributed by atoms with Crippen LogP contribution in [-0.4, -0.2) is 15.3 Å². The van der Waals surface area contributed by atoms with Gasteiger partial charge >= 0.3 is 0 Å². The highest BCUT2D eigenvalue weighted by Crippen LogP contribution is 2.27. The van der Waals surface area contributed by atoms with Crippen LogP contribution in [0.5, 0.6) is 0 Å². The summed E-state index contributed by atoms with van der Waals surface area (Å²) in [7, 11) is 0. The maximum absolute atomic E-state index is 14.8.